The number of ether oxygens (including phenoxy) is 3. The van der Waals surface area contributed by atoms with Gasteiger partial charge in [0.15, 0.2) is 23.7 Å². The van der Waals surface area contributed by atoms with E-state index in [0.29, 0.717) is 12.7 Å². The lowest BCUT2D eigenvalue weighted by molar-refractivity contribution is -0.290. The first-order valence-electron chi connectivity index (χ1n) is 9.75. The molecule has 0 aromatic heterocycles. The predicted octanol–water partition coefficient (Wildman–Crippen LogP) is 2.79. The number of carbonyl (C=O) groups excluding carboxylic acids is 1. The van der Waals surface area contributed by atoms with Crippen LogP contribution in [0.1, 0.15) is 23.8 Å². The van der Waals surface area contributed by atoms with Crippen molar-refractivity contribution in [3.05, 3.63) is 77.2 Å². The van der Waals surface area contributed by atoms with Gasteiger partial charge in [0.2, 0.25) is 0 Å². The van der Waals surface area contributed by atoms with Crippen LogP contribution in [-0.2, 0) is 19.0 Å². The molecule has 2 heterocycles. The van der Waals surface area contributed by atoms with E-state index in [0.717, 1.165) is 17.7 Å². The van der Waals surface area contributed by atoms with Crippen LogP contribution in [0.3, 0.4) is 0 Å². The number of aldehydes is 1. The molecule has 9 heteroatoms. The summed E-state index contributed by atoms with van der Waals surface area (Å²) in [6.45, 7) is 0.223. The highest BCUT2D eigenvalue weighted by Gasteiger charge is 2.44. The summed E-state index contributed by atoms with van der Waals surface area (Å²) in [7, 11) is 0. The van der Waals surface area contributed by atoms with Crippen LogP contribution in [0.25, 0.3) is 5.70 Å². The quantitative estimate of drug-likeness (QED) is 0.556. The summed E-state index contributed by atoms with van der Waals surface area (Å²) in [6.07, 6.45) is 0.114. The van der Waals surface area contributed by atoms with Crippen molar-refractivity contribution in [2.75, 3.05) is 6.61 Å². The van der Waals surface area contributed by atoms with Crippen LogP contribution in [0.4, 0.5) is 13.2 Å². The third-order valence-corrected chi connectivity index (χ3v) is 5.29. The molecule has 2 aliphatic heterocycles. The minimum atomic E-state index is -1.56. The Labute approximate surface area is 176 Å². The van der Waals surface area contributed by atoms with Crippen LogP contribution in [0.5, 0.6) is 0 Å². The van der Waals surface area contributed by atoms with E-state index in [2.05, 4.69) is 5.32 Å². The molecular formula is C22H21F3N2O4. The highest BCUT2D eigenvalue weighted by molar-refractivity contribution is 5.62. The Bertz CT molecular complexity index is 949. The Kier molecular flexibility index (Phi) is 6.26. The van der Waals surface area contributed by atoms with E-state index < -0.39 is 48.1 Å². The Morgan fingerprint density at radius 2 is 1.81 bits per heavy atom. The SMILES string of the molecule is N/C(=C\NC1CC(C=O)OC2COC(c3ccccc3)OC12)c1cc(F)c(F)c(F)c1. The highest BCUT2D eigenvalue weighted by Crippen LogP contribution is 2.33. The number of nitrogens with two attached hydrogens (primary N) is 1. The van der Waals surface area contributed by atoms with Crippen LogP contribution in [0.2, 0.25) is 0 Å². The number of hydrogen-bond donors (Lipinski definition) is 2. The molecule has 0 bridgehead atoms. The third kappa shape index (κ3) is 4.58. The van der Waals surface area contributed by atoms with Gasteiger partial charge >= 0.3 is 0 Å². The fourth-order valence-corrected chi connectivity index (χ4v) is 3.72. The molecule has 6 nitrogen and oxygen atoms in total. The smallest absolute Gasteiger partial charge is 0.194 e. The number of carbonyl (C=O) groups is 1. The summed E-state index contributed by atoms with van der Waals surface area (Å²) in [5.74, 6) is -4.23. The zero-order valence-electron chi connectivity index (χ0n) is 16.3. The number of halogens is 3. The molecule has 5 unspecified atom stereocenters. The number of fused-ring (bicyclic) bond motifs is 1. The summed E-state index contributed by atoms with van der Waals surface area (Å²) in [5, 5.41) is 3.06. The van der Waals surface area contributed by atoms with Gasteiger partial charge in [-0.25, -0.2) is 13.2 Å². The van der Waals surface area contributed by atoms with Gasteiger partial charge in [0.1, 0.15) is 24.6 Å². The van der Waals surface area contributed by atoms with Gasteiger partial charge in [-0.2, -0.15) is 0 Å². The first kappa shape index (κ1) is 21.4. The van der Waals surface area contributed by atoms with E-state index >= 15 is 0 Å². The van der Waals surface area contributed by atoms with Gasteiger partial charge < -0.3 is 30.1 Å². The molecule has 4 rings (SSSR count). The molecule has 5 atom stereocenters. The minimum Gasteiger partial charge on any atom is -0.397 e. The molecule has 164 valence electrons. The monoisotopic (exact) mass is 434 g/mol. The average molecular weight is 434 g/mol. The first-order valence-corrected chi connectivity index (χ1v) is 9.75. The van der Waals surface area contributed by atoms with Crippen LogP contribution < -0.4 is 11.1 Å². The van der Waals surface area contributed by atoms with Gasteiger partial charge in [-0.05, 0) is 12.1 Å². The normalized spacial score (nSPS) is 28.6. The van der Waals surface area contributed by atoms with Crippen molar-refractivity contribution in [3.8, 4) is 0 Å². The van der Waals surface area contributed by atoms with E-state index in [1.165, 1.54) is 6.20 Å². The van der Waals surface area contributed by atoms with E-state index in [9.17, 15) is 18.0 Å². The summed E-state index contributed by atoms with van der Waals surface area (Å²) in [6, 6.07) is 10.6. The number of benzene rings is 2. The topological polar surface area (TPSA) is 82.8 Å². The zero-order chi connectivity index (χ0) is 22.0. The molecule has 2 fully saturated rings. The lowest BCUT2D eigenvalue weighted by atomic mass is 9.94. The Balaban J connectivity index is 1.53. The van der Waals surface area contributed by atoms with E-state index in [1.807, 2.05) is 30.3 Å². The maximum absolute atomic E-state index is 13.5. The van der Waals surface area contributed by atoms with Crippen LogP contribution in [0, 0.1) is 17.5 Å². The van der Waals surface area contributed by atoms with Crippen molar-refractivity contribution in [1.82, 2.24) is 5.32 Å². The summed E-state index contributed by atoms with van der Waals surface area (Å²) in [4.78, 5) is 11.3. The fourth-order valence-electron chi connectivity index (χ4n) is 3.72. The van der Waals surface area contributed by atoms with E-state index in [4.69, 9.17) is 19.9 Å². The van der Waals surface area contributed by atoms with Gasteiger partial charge in [-0.1, -0.05) is 30.3 Å². The average Bonchev–Trinajstić information content (AvgIpc) is 2.80. The van der Waals surface area contributed by atoms with Gasteiger partial charge in [0.25, 0.3) is 0 Å². The van der Waals surface area contributed by atoms with Crippen LogP contribution >= 0.6 is 0 Å². The summed E-state index contributed by atoms with van der Waals surface area (Å²) < 4.78 is 57.8. The van der Waals surface area contributed by atoms with Crippen molar-refractivity contribution in [1.29, 1.82) is 0 Å². The third-order valence-electron chi connectivity index (χ3n) is 5.29. The van der Waals surface area contributed by atoms with E-state index in [1.54, 1.807) is 0 Å². The Morgan fingerprint density at radius 1 is 1.10 bits per heavy atom. The Morgan fingerprint density at radius 3 is 2.48 bits per heavy atom. The molecule has 31 heavy (non-hydrogen) atoms. The lowest BCUT2D eigenvalue weighted by Gasteiger charge is -2.45. The molecule has 0 aliphatic carbocycles. The predicted molar refractivity (Wildman–Crippen MR) is 105 cm³/mol. The summed E-state index contributed by atoms with van der Waals surface area (Å²) in [5.41, 5.74) is 6.74. The molecule has 2 aliphatic rings. The number of rotatable bonds is 5. The van der Waals surface area contributed by atoms with Crippen molar-refractivity contribution < 1.29 is 32.2 Å². The molecule has 0 spiro atoms. The second kappa shape index (κ2) is 9.09. The number of hydrogen-bond acceptors (Lipinski definition) is 6. The van der Waals surface area contributed by atoms with Gasteiger partial charge in [-0.3, -0.25) is 0 Å². The van der Waals surface area contributed by atoms with Gasteiger partial charge in [-0.15, -0.1) is 0 Å². The van der Waals surface area contributed by atoms with E-state index in [-0.39, 0.29) is 17.9 Å². The van der Waals surface area contributed by atoms with Crippen molar-refractivity contribution in [2.24, 2.45) is 5.73 Å². The summed E-state index contributed by atoms with van der Waals surface area (Å²) >= 11 is 0. The molecular weight excluding hydrogens is 413 g/mol. The molecule has 3 N–H and O–H groups in total. The Hall–Kier alpha value is -2.88. The zero-order valence-corrected chi connectivity index (χ0v) is 16.3. The molecule has 0 amide bonds. The standard InChI is InChI=1S/C22H21F3N2O4/c23-15-6-13(7-16(24)20(15)25)17(26)9-27-18-8-14(10-28)30-19-11-29-22(31-21(18)19)12-4-2-1-3-5-12/h1-7,9-10,14,18-19,21-22,27H,8,11,26H2/b17-9-. The van der Waals surface area contributed by atoms with Gasteiger partial charge in [0.05, 0.1) is 18.3 Å². The molecule has 0 radical (unpaired) electrons. The lowest BCUT2D eigenvalue weighted by Crippen LogP contribution is -2.58. The maximum Gasteiger partial charge on any atom is 0.194 e. The highest BCUT2D eigenvalue weighted by atomic mass is 19.2. The first-order chi connectivity index (χ1) is 15.0. The van der Waals surface area contributed by atoms with Gasteiger partial charge in [0, 0.05) is 23.7 Å². The fraction of sp³-hybridized carbons (Fsp3) is 0.318. The molecule has 2 aromatic carbocycles. The van der Waals surface area contributed by atoms with Crippen LogP contribution in [0.15, 0.2) is 48.7 Å². The molecule has 0 saturated carbocycles. The largest absolute Gasteiger partial charge is 0.397 e. The number of nitrogens with one attached hydrogen (secondary N) is 1. The second-order valence-electron chi connectivity index (χ2n) is 7.39. The molecule has 2 saturated heterocycles. The maximum atomic E-state index is 13.5. The molecule has 2 aromatic rings. The minimum absolute atomic E-state index is 0.00448. The van der Waals surface area contributed by atoms with Crippen LogP contribution in [-0.4, -0.2) is 37.2 Å². The van der Waals surface area contributed by atoms with Crippen molar-refractivity contribution in [2.45, 2.75) is 37.1 Å². The van der Waals surface area contributed by atoms with Crippen molar-refractivity contribution in [3.63, 3.8) is 0 Å². The van der Waals surface area contributed by atoms with Crippen molar-refractivity contribution >= 4 is 12.0 Å². The second-order valence-corrected chi connectivity index (χ2v) is 7.39.